The van der Waals surface area contributed by atoms with E-state index in [0.717, 1.165) is 29.1 Å². The Bertz CT molecular complexity index is 415. The molecule has 1 aromatic rings. The van der Waals surface area contributed by atoms with Crippen molar-refractivity contribution in [1.82, 2.24) is 4.57 Å². The molecular formula is C18H31N. The maximum Gasteiger partial charge on any atom is 0.0338 e. The van der Waals surface area contributed by atoms with Crippen LogP contribution in [0, 0.1) is 11.8 Å². The molecule has 0 amide bonds. The van der Waals surface area contributed by atoms with Gasteiger partial charge in [0.1, 0.15) is 0 Å². The number of hydrogen-bond donors (Lipinski definition) is 0. The normalized spacial score (nSPS) is 14.5. The highest BCUT2D eigenvalue weighted by Crippen LogP contribution is 2.22. The molecular weight excluding hydrogens is 230 g/mol. The first-order valence-corrected chi connectivity index (χ1v) is 7.95. The van der Waals surface area contributed by atoms with Crippen molar-refractivity contribution in [3.63, 3.8) is 0 Å². The Morgan fingerprint density at radius 2 is 1.42 bits per heavy atom. The van der Waals surface area contributed by atoms with Crippen molar-refractivity contribution in [3.05, 3.63) is 22.8 Å². The molecule has 0 N–H and O–H groups in total. The van der Waals surface area contributed by atoms with E-state index in [1.165, 1.54) is 38.5 Å². The van der Waals surface area contributed by atoms with E-state index in [1.54, 1.807) is 0 Å². The minimum absolute atomic E-state index is 0.763. The Kier molecular flexibility index (Phi) is 6.97. The van der Waals surface area contributed by atoms with Crippen molar-refractivity contribution in [3.8, 4) is 0 Å². The summed E-state index contributed by atoms with van der Waals surface area (Å²) in [6.07, 6.45) is 8.00. The largest absolute Gasteiger partial charge is 0.342 e. The zero-order valence-electron chi connectivity index (χ0n) is 13.1. The predicted molar refractivity (Wildman–Crippen MR) is 86.4 cm³/mol. The Morgan fingerprint density at radius 3 is 1.89 bits per heavy atom. The topological polar surface area (TPSA) is 4.93 Å². The van der Waals surface area contributed by atoms with Crippen molar-refractivity contribution < 1.29 is 0 Å². The maximum atomic E-state index is 4.09. The second-order valence-electron chi connectivity index (χ2n) is 5.84. The van der Waals surface area contributed by atoms with Gasteiger partial charge in [0.05, 0.1) is 0 Å². The second-order valence-corrected chi connectivity index (χ2v) is 5.84. The quantitative estimate of drug-likeness (QED) is 0.634. The molecule has 2 atom stereocenters. The minimum atomic E-state index is 0.763. The lowest BCUT2D eigenvalue weighted by atomic mass is 9.90. The van der Waals surface area contributed by atoms with Crippen LogP contribution in [0.3, 0.4) is 0 Å². The summed E-state index contributed by atoms with van der Waals surface area (Å²) in [4.78, 5) is 0. The zero-order valence-corrected chi connectivity index (χ0v) is 13.1. The summed E-state index contributed by atoms with van der Waals surface area (Å²) in [6, 6.07) is 4.14. The smallest absolute Gasteiger partial charge is 0.0338 e. The van der Waals surface area contributed by atoms with Crippen LogP contribution in [0.1, 0.15) is 59.3 Å². The van der Waals surface area contributed by atoms with E-state index in [1.807, 2.05) is 0 Å². The monoisotopic (exact) mass is 261 g/mol. The molecule has 19 heavy (non-hydrogen) atoms. The molecule has 0 aromatic carbocycles. The first kappa shape index (κ1) is 16.1. The lowest BCUT2D eigenvalue weighted by Crippen LogP contribution is -2.28. The molecule has 0 fully saturated rings. The van der Waals surface area contributed by atoms with Gasteiger partial charge in [-0.15, -0.1) is 0 Å². The number of aromatic nitrogens is 1. The van der Waals surface area contributed by atoms with Crippen LogP contribution in [-0.4, -0.2) is 4.57 Å². The molecule has 1 heteroatoms. The fourth-order valence-corrected chi connectivity index (χ4v) is 2.91. The first-order valence-electron chi connectivity index (χ1n) is 7.95. The van der Waals surface area contributed by atoms with Crippen LogP contribution in [0.15, 0.2) is 12.1 Å². The molecule has 1 heterocycles. The third-order valence-corrected chi connectivity index (χ3v) is 4.44. The van der Waals surface area contributed by atoms with Gasteiger partial charge in [-0.1, -0.05) is 66.0 Å². The van der Waals surface area contributed by atoms with Crippen molar-refractivity contribution in [2.75, 3.05) is 0 Å². The summed E-state index contributed by atoms with van der Waals surface area (Å²) >= 11 is 0. The third-order valence-electron chi connectivity index (χ3n) is 4.44. The first-order chi connectivity index (χ1) is 9.12. The van der Waals surface area contributed by atoms with Gasteiger partial charge in [-0.3, -0.25) is 0 Å². The van der Waals surface area contributed by atoms with Crippen LogP contribution < -0.4 is 10.7 Å². The van der Waals surface area contributed by atoms with E-state index < -0.39 is 0 Å². The summed E-state index contributed by atoms with van der Waals surface area (Å²) in [5.41, 5.74) is 0. The SMILES string of the molecule is C=c1ccc(=C)n1CC(CC)CCC(CC)CCC. The van der Waals surface area contributed by atoms with E-state index in [0.29, 0.717) is 0 Å². The van der Waals surface area contributed by atoms with Crippen molar-refractivity contribution in [2.45, 2.75) is 65.8 Å². The Labute approximate surface area is 119 Å². The summed E-state index contributed by atoms with van der Waals surface area (Å²) in [5.74, 6) is 1.68. The molecule has 0 spiro atoms. The number of rotatable bonds is 9. The minimum Gasteiger partial charge on any atom is -0.342 e. The van der Waals surface area contributed by atoms with Gasteiger partial charge in [0.2, 0.25) is 0 Å². The van der Waals surface area contributed by atoms with E-state index in [2.05, 4.69) is 50.6 Å². The molecule has 0 saturated carbocycles. The number of hydrogen-bond acceptors (Lipinski definition) is 0. The Balaban J connectivity index is 2.55. The summed E-state index contributed by atoms with van der Waals surface area (Å²) in [6.45, 7) is 16.2. The second kappa shape index (κ2) is 8.24. The van der Waals surface area contributed by atoms with Gasteiger partial charge in [0.25, 0.3) is 0 Å². The van der Waals surface area contributed by atoms with Crippen LogP contribution in [0.5, 0.6) is 0 Å². The summed E-state index contributed by atoms with van der Waals surface area (Å²) in [7, 11) is 0. The number of nitrogens with zero attached hydrogens (tertiary/aromatic N) is 1. The molecule has 1 nitrogen and oxygen atoms in total. The van der Waals surface area contributed by atoms with Gasteiger partial charge in [0, 0.05) is 17.2 Å². The third kappa shape index (κ3) is 4.89. The van der Waals surface area contributed by atoms with Gasteiger partial charge in [-0.25, -0.2) is 0 Å². The molecule has 108 valence electrons. The van der Waals surface area contributed by atoms with Crippen LogP contribution >= 0.6 is 0 Å². The van der Waals surface area contributed by atoms with Gasteiger partial charge in [-0.2, -0.15) is 0 Å². The fraction of sp³-hybridized carbons (Fsp3) is 0.667. The molecule has 0 aliphatic heterocycles. The molecule has 2 unspecified atom stereocenters. The fourth-order valence-electron chi connectivity index (χ4n) is 2.91. The van der Waals surface area contributed by atoms with Crippen molar-refractivity contribution in [1.29, 1.82) is 0 Å². The molecule has 0 aliphatic rings. The zero-order chi connectivity index (χ0) is 14.3. The highest BCUT2D eigenvalue weighted by Gasteiger charge is 2.12. The van der Waals surface area contributed by atoms with E-state index in [9.17, 15) is 0 Å². The average molecular weight is 261 g/mol. The molecule has 1 aromatic heterocycles. The van der Waals surface area contributed by atoms with E-state index >= 15 is 0 Å². The van der Waals surface area contributed by atoms with Crippen LogP contribution in [0.2, 0.25) is 0 Å². The Hall–Kier alpha value is -0.980. The van der Waals surface area contributed by atoms with E-state index in [4.69, 9.17) is 0 Å². The average Bonchev–Trinajstić information content (AvgIpc) is 2.73. The molecule has 0 radical (unpaired) electrons. The highest BCUT2D eigenvalue weighted by atomic mass is 15.0. The Morgan fingerprint density at radius 1 is 0.895 bits per heavy atom. The maximum absolute atomic E-state index is 4.09. The molecule has 0 saturated heterocycles. The molecule has 0 aliphatic carbocycles. The van der Waals surface area contributed by atoms with Crippen molar-refractivity contribution in [2.24, 2.45) is 11.8 Å². The van der Waals surface area contributed by atoms with Gasteiger partial charge < -0.3 is 4.57 Å². The van der Waals surface area contributed by atoms with Gasteiger partial charge in [-0.05, 0) is 30.4 Å². The van der Waals surface area contributed by atoms with Crippen LogP contribution in [0.25, 0.3) is 13.2 Å². The summed E-state index contributed by atoms with van der Waals surface area (Å²) in [5, 5.41) is 2.20. The van der Waals surface area contributed by atoms with Gasteiger partial charge >= 0.3 is 0 Å². The molecule has 0 bridgehead atoms. The lowest BCUT2D eigenvalue weighted by Gasteiger charge is -2.20. The lowest BCUT2D eigenvalue weighted by molar-refractivity contribution is 0.329. The van der Waals surface area contributed by atoms with Gasteiger partial charge in [0.15, 0.2) is 0 Å². The summed E-state index contributed by atoms with van der Waals surface area (Å²) < 4.78 is 2.27. The highest BCUT2D eigenvalue weighted by molar-refractivity contribution is 5.08. The predicted octanol–water partition coefficient (Wildman–Crippen LogP) is 3.94. The molecule has 1 rings (SSSR count). The van der Waals surface area contributed by atoms with Crippen LogP contribution in [-0.2, 0) is 6.54 Å². The van der Waals surface area contributed by atoms with Crippen molar-refractivity contribution >= 4 is 13.2 Å². The van der Waals surface area contributed by atoms with E-state index in [-0.39, 0.29) is 0 Å². The van der Waals surface area contributed by atoms with Crippen LogP contribution in [0.4, 0.5) is 0 Å². The standard InChI is InChI=1S/C18H31N/c1-6-9-17(7-2)12-13-18(8-3)14-19-15(4)10-11-16(19)5/h10-11,17-18H,4-9,12-14H2,1-3H3.